The molecule has 0 bridgehead atoms. The Morgan fingerprint density at radius 1 is 1.28 bits per heavy atom. The number of ether oxygens (including phenoxy) is 1. The minimum atomic E-state index is -0.360. The Morgan fingerprint density at radius 3 is 2.67 bits per heavy atom. The van der Waals surface area contributed by atoms with Crippen molar-refractivity contribution in [2.24, 2.45) is 0 Å². The van der Waals surface area contributed by atoms with Crippen molar-refractivity contribution in [3.05, 3.63) is 49.3 Å². The maximum absolute atomic E-state index is 12.9. The van der Waals surface area contributed by atoms with E-state index in [1.54, 1.807) is 0 Å². The Hall–Kier alpha value is -0.720. The predicted molar refractivity (Wildman–Crippen MR) is 75.9 cm³/mol. The molecule has 0 atom stereocenters. The molecule has 0 N–H and O–H groups in total. The lowest BCUT2D eigenvalue weighted by Crippen LogP contribution is -2.10. The summed E-state index contributed by atoms with van der Waals surface area (Å²) >= 11 is 7.82. The van der Waals surface area contributed by atoms with E-state index >= 15 is 0 Å². The number of Topliss-reactive ketones (excluding diaryl/α,β-unsaturated/α-hetero) is 1. The molecule has 2 nitrogen and oxygen atoms in total. The molecule has 6 heteroatoms. The van der Waals surface area contributed by atoms with Gasteiger partial charge in [0.2, 0.25) is 5.78 Å². The topological polar surface area (TPSA) is 26.3 Å². The van der Waals surface area contributed by atoms with Crippen molar-refractivity contribution in [1.29, 1.82) is 0 Å². The van der Waals surface area contributed by atoms with Gasteiger partial charge in [0.15, 0.2) is 6.61 Å². The van der Waals surface area contributed by atoms with Gasteiger partial charge in [0.25, 0.3) is 0 Å². The summed E-state index contributed by atoms with van der Waals surface area (Å²) in [5.74, 6) is -0.0351. The van der Waals surface area contributed by atoms with Crippen LogP contribution < -0.4 is 4.74 Å². The summed E-state index contributed by atoms with van der Waals surface area (Å²) in [5, 5.41) is 1.82. The van der Waals surface area contributed by atoms with Crippen molar-refractivity contribution in [3.8, 4) is 5.75 Å². The van der Waals surface area contributed by atoms with Crippen LogP contribution in [0.1, 0.15) is 9.67 Å². The highest BCUT2D eigenvalue weighted by molar-refractivity contribution is 9.11. The van der Waals surface area contributed by atoms with Crippen LogP contribution in [0.3, 0.4) is 0 Å². The normalized spacial score (nSPS) is 10.4. The lowest BCUT2D eigenvalue weighted by molar-refractivity contribution is 0.0924. The van der Waals surface area contributed by atoms with Gasteiger partial charge in [-0.25, -0.2) is 4.39 Å². The Kier molecular flexibility index (Phi) is 4.53. The van der Waals surface area contributed by atoms with Crippen molar-refractivity contribution in [3.63, 3.8) is 0 Å². The number of halogens is 3. The molecule has 0 aliphatic heterocycles. The lowest BCUT2D eigenvalue weighted by atomic mass is 10.3. The van der Waals surface area contributed by atoms with Crippen LogP contribution in [-0.2, 0) is 0 Å². The average molecular weight is 394 g/mol. The zero-order valence-corrected chi connectivity index (χ0v) is 12.9. The van der Waals surface area contributed by atoms with Crippen LogP contribution in [0.4, 0.5) is 4.39 Å². The van der Waals surface area contributed by atoms with E-state index in [4.69, 9.17) is 4.74 Å². The zero-order valence-electron chi connectivity index (χ0n) is 8.95. The van der Waals surface area contributed by atoms with Gasteiger partial charge in [0, 0.05) is 4.47 Å². The molecule has 18 heavy (non-hydrogen) atoms. The smallest absolute Gasteiger partial charge is 0.211 e. The molecule has 0 aliphatic rings. The standard InChI is InChI=1S/C12H7Br2FO2S/c13-8-3-4-18-12(8)10(16)6-17-11-2-1-7(15)5-9(11)14/h1-5H,6H2. The first-order valence-corrected chi connectivity index (χ1v) is 7.38. The Balaban J connectivity index is 2.04. The van der Waals surface area contributed by atoms with Crippen LogP contribution in [-0.4, -0.2) is 12.4 Å². The lowest BCUT2D eigenvalue weighted by Gasteiger charge is -2.07. The second kappa shape index (κ2) is 5.95. The van der Waals surface area contributed by atoms with E-state index in [1.165, 1.54) is 29.5 Å². The molecule has 0 saturated heterocycles. The molecular weight excluding hydrogens is 387 g/mol. The van der Waals surface area contributed by atoms with Gasteiger partial charge in [-0.1, -0.05) is 0 Å². The van der Waals surface area contributed by atoms with Crippen molar-refractivity contribution in [2.75, 3.05) is 6.61 Å². The Labute approximate surface area is 124 Å². The highest BCUT2D eigenvalue weighted by Gasteiger charge is 2.13. The van der Waals surface area contributed by atoms with Gasteiger partial charge in [-0.05, 0) is 61.5 Å². The molecule has 0 unspecified atom stereocenters. The molecule has 0 saturated carbocycles. The summed E-state index contributed by atoms with van der Waals surface area (Å²) in [4.78, 5) is 12.5. The first kappa shape index (κ1) is 13.7. The maximum Gasteiger partial charge on any atom is 0.211 e. The summed E-state index contributed by atoms with van der Waals surface area (Å²) < 4.78 is 19.5. The number of hydrogen-bond donors (Lipinski definition) is 0. The number of carbonyl (C=O) groups is 1. The Morgan fingerprint density at radius 2 is 2.06 bits per heavy atom. The van der Waals surface area contributed by atoms with Gasteiger partial charge in [-0.2, -0.15) is 0 Å². The van der Waals surface area contributed by atoms with Crippen molar-refractivity contribution >= 4 is 49.0 Å². The molecule has 1 heterocycles. The molecule has 2 aromatic rings. The van der Waals surface area contributed by atoms with E-state index < -0.39 is 0 Å². The predicted octanol–water partition coefficient (Wildman–Crippen LogP) is 4.67. The van der Waals surface area contributed by atoms with Gasteiger partial charge >= 0.3 is 0 Å². The first-order valence-electron chi connectivity index (χ1n) is 4.92. The number of carbonyl (C=O) groups excluding carboxylic acids is 1. The van der Waals surface area contributed by atoms with Crippen LogP contribution in [0, 0.1) is 5.82 Å². The maximum atomic E-state index is 12.9. The third-order valence-corrected chi connectivity index (χ3v) is 4.62. The number of rotatable bonds is 4. The molecule has 0 radical (unpaired) electrons. The zero-order chi connectivity index (χ0) is 13.1. The second-order valence-electron chi connectivity index (χ2n) is 3.38. The molecule has 2 rings (SSSR count). The molecule has 0 aliphatic carbocycles. The second-order valence-corrected chi connectivity index (χ2v) is 6.01. The minimum Gasteiger partial charge on any atom is -0.484 e. The third-order valence-electron chi connectivity index (χ3n) is 2.12. The van der Waals surface area contributed by atoms with E-state index in [1.807, 2.05) is 11.4 Å². The number of thiophene rings is 1. The van der Waals surface area contributed by atoms with Gasteiger partial charge in [-0.3, -0.25) is 4.79 Å². The van der Waals surface area contributed by atoms with E-state index in [2.05, 4.69) is 31.9 Å². The van der Waals surface area contributed by atoms with E-state index in [0.717, 1.165) is 4.47 Å². The molecule has 0 fully saturated rings. The third kappa shape index (κ3) is 3.18. The highest BCUT2D eigenvalue weighted by Crippen LogP contribution is 2.27. The van der Waals surface area contributed by atoms with Gasteiger partial charge < -0.3 is 4.74 Å². The van der Waals surface area contributed by atoms with Crippen LogP contribution >= 0.6 is 43.2 Å². The number of hydrogen-bond acceptors (Lipinski definition) is 3. The summed E-state index contributed by atoms with van der Waals surface area (Å²) in [7, 11) is 0. The fourth-order valence-corrected chi connectivity index (χ4v) is 3.28. The van der Waals surface area contributed by atoms with Gasteiger partial charge in [0.1, 0.15) is 11.6 Å². The van der Waals surface area contributed by atoms with Crippen molar-refractivity contribution in [2.45, 2.75) is 0 Å². The first-order chi connectivity index (χ1) is 8.58. The van der Waals surface area contributed by atoms with E-state index in [0.29, 0.717) is 15.1 Å². The minimum absolute atomic E-state index is 0.0800. The van der Waals surface area contributed by atoms with E-state index in [9.17, 15) is 9.18 Å². The van der Waals surface area contributed by atoms with Gasteiger partial charge in [-0.15, -0.1) is 11.3 Å². The highest BCUT2D eigenvalue weighted by atomic mass is 79.9. The summed E-state index contributed by atoms with van der Waals surface area (Å²) in [6, 6.07) is 5.87. The SMILES string of the molecule is O=C(COc1ccc(F)cc1Br)c1sccc1Br. The monoisotopic (exact) mass is 392 g/mol. The quantitative estimate of drug-likeness (QED) is 0.705. The van der Waals surface area contributed by atoms with Crippen LogP contribution in [0.2, 0.25) is 0 Å². The molecule has 1 aromatic carbocycles. The molecule has 0 amide bonds. The van der Waals surface area contributed by atoms with Crippen molar-refractivity contribution in [1.82, 2.24) is 0 Å². The molecular formula is C12H7Br2FO2S. The van der Waals surface area contributed by atoms with E-state index in [-0.39, 0.29) is 18.2 Å². The summed E-state index contributed by atoms with van der Waals surface area (Å²) in [6.45, 7) is -0.0800. The van der Waals surface area contributed by atoms with Crippen molar-refractivity contribution < 1.29 is 13.9 Å². The van der Waals surface area contributed by atoms with Crippen LogP contribution in [0.25, 0.3) is 0 Å². The average Bonchev–Trinajstić information content (AvgIpc) is 2.74. The van der Waals surface area contributed by atoms with Gasteiger partial charge in [0.05, 0.1) is 9.35 Å². The fourth-order valence-electron chi connectivity index (χ4n) is 1.29. The molecule has 1 aromatic heterocycles. The molecule has 0 spiro atoms. The molecule has 94 valence electrons. The number of benzene rings is 1. The van der Waals surface area contributed by atoms with Crippen LogP contribution in [0.15, 0.2) is 38.6 Å². The summed E-state index contributed by atoms with van der Waals surface area (Å²) in [6.07, 6.45) is 0. The van der Waals surface area contributed by atoms with Crippen LogP contribution in [0.5, 0.6) is 5.75 Å². The summed E-state index contributed by atoms with van der Waals surface area (Å²) in [5.41, 5.74) is 0. The fraction of sp³-hybridized carbons (Fsp3) is 0.0833. The largest absolute Gasteiger partial charge is 0.484 e. The Bertz CT molecular complexity index is 583. The number of ketones is 1.